The number of hydrogen-bond acceptors (Lipinski definition) is 4. The molecule has 1 heterocycles. The first-order chi connectivity index (χ1) is 15.3. The lowest BCUT2D eigenvalue weighted by atomic mass is 10.0. The minimum absolute atomic E-state index is 0.218. The van der Waals surface area contributed by atoms with Crippen molar-refractivity contribution in [2.24, 2.45) is 0 Å². The number of hydrogen-bond donors (Lipinski definition) is 1. The number of carbonyl (C=O) groups excluding carboxylic acids is 1. The number of ether oxygens (including phenoxy) is 1. The molecule has 0 aliphatic carbocycles. The van der Waals surface area contributed by atoms with Crippen LogP contribution in [0.4, 0.5) is 4.39 Å². The summed E-state index contributed by atoms with van der Waals surface area (Å²) < 4.78 is 24.8. The molecule has 1 atom stereocenters. The van der Waals surface area contributed by atoms with Crippen molar-refractivity contribution in [3.05, 3.63) is 89.1 Å². The molecule has 1 aromatic heterocycles. The van der Waals surface area contributed by atoms with Gasteiger partial charge in [0.15, 0.2) is 5.76 Å². The van der Waals surface area contributed by atoms with Crippen LogP contribution in [0.15, 0.2) is 65.1 Å². The molecule has 0 fully saturated rings. The summed E-state index contributed by atoms with van der Waals surface area (Å²) in [5.74, 6) is 1.38. The van der Waals surface area contributed by atoms with Gasteiger partial charge in [0.05, 0.1) is 6.04 Å². The first kappa shape index (κ1) is 23.5. The Hall–Kier alpha value is -3.12. The Bertz CT molecular complexity index is 995. The zero-order valence-electron chi connectivity index (χ0n) is 19.1. The molecule has 0 saturated carbocycles. The lowest BCUT2D eigenvalue weighted by Gasteiger charge is -2.21. The summed E-state index contributed by atoms with van der Waals surface area (Å²) >= 11 is 0. The zero-order chi connectivity index (χ0) is 23.1. The van der Waals surface area contributed by atoms with Gasteiger partial charge in [0.1, 0.15) is 23.9 Å². The molecule has 0 bridgehead atoms. The molecule has 0 aliphatic heterocycles. The maximum absolute atomic E-state index is 13.3. The van der Waals surface area contributed by atoms with Crippen LogP contribution in [-0.2, 0) is 6.61 Å². The van der Waals surface area contributed by atoms with E-state index in [-0.39, 0.29) is 30.1 Å². The number of rotatable bonds is 10. The fourth-order valence-corrected chi connectivity index (χ4v) is 3.31. The molecule has 0 aliphatic rings. The maximum atomic E-state index is 13.3. The van der Waals surface area contributed by atoms with Gasteiger partial charge < -0.3 is 19.4 Å². The highest BCUT2D eigenvalue weighted by Gasteiger charge is 2.19. The molecule has 3 rings (SSSR count). The second-order valence-electron chi connectivity index (χ2n) is 8.45. The molecule has 32 heavy (non-hydrogen) atoms. The van der Waals surface area contributed by atoms with Crippen LogP contribution in [0.2, 0.25) is 0 Å². The largest absolute Gasteiger partial charge is 0.486 e. The minimum Gasteiger partial charge on any atom is -0.486 e. The van der Waals surface area contributed by atoms with E-state index in [0.717, 1.165) is 17.9 Å². The molecule has 0 radical (unpaired) electrons. The molecular formula is C26H31FN2O3. The Balaban J connectivity index is 1.61. The fourth-order valence-electron chi connectivity index (χ4n) is 3.31. The van der Waals surface area contributed by atoms with Crippen LogP contribution in [0.25, 0.3) is 0 Å². The zero-order valence-corrected chi connectivity index (χ0v) is 19.1. The average Bonchev–Trinajstić information content (AvgIpc) is 3.25. The molecule has 5 nitrogen and oxygen atoms in total. The summed E-state index contributed by atoms with van der Waals surface area (Å²) in [6, 6.07) is 17.3. The third-order valence-electron chi connectivity index (χ3n) is 5.26. The fraction of sp³-hybridized carbons (Fsp3) is 0.346. The highest BCUT2D eigenvalue weighted by atomic mass is 19.1. The molecule has 0 spiro atoms. The maximum Gasteiger partial charge on any atom is 0.287 e. The third-order valence-corrected chi connectivity index (χ3v) is 5.26. The normalized spacial score (nSPS) is 12.2. The van der Waals surface area contributed by atoms with E-state index in [4.69, 9.17) is 9.15 Å². The average molecular weight is 439 g/mol. The summed E-state index contributed by atoms with van der Waals surface area (Å²) in [6.45, 7) is 5.30. The lowest BCUT2D eigenvalue weighted by Crippen LogP contribution is -2.30. The monoisotopic (exact) mass is 438 g/mol. The summed E-state index contributed by atoms with van der Waals surface area (Å²) in [6.07, 6.45) is 0.688. The van der Waals surface area contributed by atoms with Crippen molar-refractivity contribution >= 4 is 5.91 Å². The van der Waals surface area contributed by atoms with E-state index < -0.39 is 0 Å². The summed E-state index contributed by atoms with van der Waals surface area (Å²) in [5.41, 5.74) is 2.10. The lowest BCUT2D eigenvalue weighted by molar-refractivity contribution is 0.0900. The van der Waals surface area contributed by atoms with Crippen molar-refractivity contribution in [1.82, 2.24) is 10.2 Å². The number of halogens is 1. The molecule has 6 heteroatoms. The molecular weight excluding hydrogens is 407 g/mol. The van der Waals surface area contributed by atoms with Crippen LogP contribution >= 0.6 is 0 Å². The predicted octanol–water partition coefficient (Wildman–Crippen LogP) is 5.54. The number of carbonyl (C=O) groups is 1. The second kappa shape index (κ2) is 11.0. The quantitative estimate of drug-likeness (QED) is 0.451. The molecule has 0 saturated heterocycles. The summed E-state index contributed by atoms with van der Waals surface area (Å²) in [4.78, 5) is 14.8. The molecule has 1 N–H and O–H groups in total. The molecule has 3 aromatic rings. The standard InChI is InChI=1S/C26H31FN2O3/c1-18(2)19-7-11-22(12-8-19)31-17-23-13-14-25(32-23)26(30)28-24(15-16-29(3)4)20-5-9-21(27)10-6-20/h5-14,18,24H,15-17H2,1-4H3,(H,28,30). The van der Waals surface area contributed by atoms with Crippen molar-refractivity contribution in [1.29, 1.82) is 0 Å². The van der Waals surface area contributed by atoms with Gasteiger partial charge in [-0.15, -0.1) is 0 Å². The SMILES string of the molecule is CC(C)c1ccc(OCc2ccc(C(=O)NC(CCN(C)C)c3ccc(F)cc3)o2)cc1. The van der Waals surface area contributed by atoms with Crippen LogP contribution in [0.3, 0.4) is 0 Å². The van der Waals surface area contributed by atoms with E-state index >= 15 is 0 Å². The smallest absolute Gasteiger partial charge is 0.287 e. The third kappa shape index (κ3) is 6.69. The Morgan fingerprint density at radius 1 is 1.00 bits per heavy atom. The van der Waals surface area contributed by atoms with Crippen LogP contribution in [0.5, 0.6) is 5.75 Å². The van der Waals surface area contributed by atoms with Crippen LogP contribution in [0, 0.1) is 5.82 Å². The Morgan fingerprint density at radius 2 is 1.66 bits per heavy atom. The van der Waals surface area contributed by atoms with Gasteiger partial charge >= 0.3 is 0 Å². The predicted molar refractivity (Wildman–Crippen MR) is 123 cm³/mol. The van der Waals surface area contributed by atoms with E-state index in [1.165, 1.54) is 17.7 Å². The Kier molecular flexibility index (Phi) is 8.06. The number of furan rings is 1. The molecule has 2 aromatic carbocycles. The van der Waals surface area contributed by atoms with Crippen LogP contribution < -0.4 is 10.1 Å². The van der Waals surface area contributed by atoms with Crippen LogP contribution in [0.1, 0.15) is 59.7 Å². The van der Waals surface area contributed by atoms with Crippen LogP contribution in [-0.4, -0.2) is 31.4 Å². The highest BCUT2D eigenvalue weighted by molar-refractivity contribution is 5.91. The Labute approximate surface area is 189 Å². The number of nitrogens with zero attached hydrogens (tertiary/aromatic N) is 1. The van der Waals surface area contributed by atoms with Crippen molar-refractivity contribution in [2.75, 3.05) is 20.6 Å². The van der Waals surface area contributed by atoms with Crippen molar-refractivity contribution in [3.8, 4) is 5.75 Å². The van der Waals surface area contributed by atoms with Gasteiger partial charge in [-0.2, -0.15) is 0 Å². The van der Waals surface area contributed by atoms with E-state index in [0.29, 0.717) is 18.1 Å². The number of amides is 1. The van der Waals surface area contributed by atoms with Crippen molar-refractivity contribution in [2.45, 2.75) is 38.8 Å². The van der Waals surface area contributed by atoms with Crippen molar-refractivity contribution in [3.63, 3.8) is 0 Å². The number of nitrogens with one attached hydrogen (secondary N) is 1. The van der Waals surface area contributed by atoms with Gasteiger partial charge in [0.2, 0.25) is 0 Å². The van der Waals surface area contributed by atoms with Gasteiger partial charge in [-0.3, -0.25) is 4.79 Å². The first-order valence-electron chi connectivity index (χ1n) is 10.8. The molecule has 1 unspecified atom stereocenters. The topological polar surface area (TPSA) is 54.7 Å². The van der Waals surface area contributed by atoms with E-state index in [9.17, 15) is 9.18 Å². The van der Waals surface area contributed by atoms with Gasteiger partial charge in [0, 0.05) is 0 Å². The Morgan fingerprint density at radius 3 is 2.28 bits per heavy atom. The van der Waals surface area contributed by atoms with E-state index in [2.05, 4.69) is 19.2 Å². The molecule has 1 amide bonds. The van der Waals surface area contributed by atoms with E-state index in [1.807, 2.05) is 43.3 Å². The van der Waals surface area contributed by atoms with Gasteiger partial charge in [-0.25, -0.2) is 4.39 Å². The summed E-state index contributed by atoms with van der Waals surface area (Å²) in [7, 11) is 3.94. The minimum atomic E-state index is -0.314. The van der Waals surface area contributed by atoms with Gasteiger partial charge in [0.25, 0.3) is 5.91 Å². The summed E-state index contributed by atoms with van der Waals surface area (Å²) in [5, 5.41) is 3.01. The first-order valence-corrected chi connectivity index (χ1v) is 10.8. The van der Waals surface area contributed by atoms with Crippen molar-refractivity contribution < 1.29 is 18.3 Å². The highest BCUT2D eigenvalue weighted by Crippen LogP contribution is 2.21. The number of benzene rings is 2. The van der Waals surface area contributed by atoms with Gasteiger partial charge in [-0.1, -0.05) is 38.1 Å². The van der Waals surface area contributed by atoms with Gasteiger partial charge in [-0.05, 0) is 80.5 Å². The second-order valence-corrected chi connectivity index (χ2v) is 8.45. The van der Waals surface area contributed by atoms with E-state index in [1.54, 1.807) is 24.3 Å². The molecule has 170 valence electrons.